The predicted octanol–water partition coefficient (Wildman–Crippen LogP) is 4.29. The van der Waals surface area contributed by atoms with Crippen LogP contribution in [0.3, 0.4) is 0 Å². The van der Waals surface area contributed by atoms with Gasteiger partial charge in [0.05, 0.1) is 10.7 Å². The zero-order valence-electron chi connectivity index (χ0n) is 10.5. The van der Waals surface area contributed by atoms with Crippen molar-refractivity contribution >= 4 is 23.5 Å². The Morgan fingerprint density at radius 2 is 1.88 bits per heavy atom. The zero-order valence-corrected chi connectivity index (χ0v) is 12.1. The number of rotatable bonds is 8. The highest BCUT2D eigenvalue weighted by atomic mass is 32.2. The van der Waals surface area contributed by atoms with Crippen LogP contribution in [0.4, 0.5) is 0 Å². The molecule has 16 heavy (non-hydrogen) atoms. The number of thioether (sulfide) groups is 2. The smallest absolute Gasteiger partial charge is 0.0541 e. The molecular weight excluding hydrogens is 236 g/mol. The van der Waals surface area contributed by atoms with E-state index in [1.54, 1.807) is 0 Å². The third-order valence-corrected chi connectivity index (χ3v) is 6.10. The fraction of sp³-hybridized carbons (Fsp3) is 1.00. The van der Waals surface area contributed by atoms with Crippen LogP contribution in [-0.2, 0) is 0 Å². The van der Waals surface area contributed by atoms with E-state index in [1.165, 1.54) is 50.0 Å². The number of unbranched alkanes of at least 4 members (excludes halogenated alkanes) is 3. The standard InChI is InChI=1S/C13H26OS2/c1-2-3-4-5-7-12(14)8-9-13-15-10-6-11-16-13/h12-14H,2-11H2,1H3/t12-/m1/s1. The monoisotopic (exact) mass is 262 g/mol. The second-order valence-corrected chi connectivity index (χ2v) is 7.52. The van der Waals surface area contributed by atoms with Crippen LogP contribution in [0, 0.1) is 0 Å². The van der Waals surface area contributed by atoms with E-state index >= 15 is 0 Å². The van der Waals surface area contributed by atoms with E-state index in [0.717, 1.165) is 17.4 Å². The van der Waals surface area contributed by atoms with Crippen molar-refractivity contribution in [3.63, 3.8) is 0 Å². The molecule has 1 atom stereocenters. The first-order chi connectivity index (χ1) is 7.83. The maximum absolute atomic E-state index is 9.86. The van der Waals surface area contributed by atoms with E-state index in [1.807, 2.05) is 0 Å². The molecular formula is C13H26OS2. The number of hydrogen-bond donors (Lipinski definition) is 1. The first kappa shape index (κ1) is 14.7. The molecule has 1 aliphatic heterocycles. The van der Waals surface area contributed by atoms with Gasteiger partial charge >= 0.3 is 0 Å². The summed E-state index contributed by atoms with van der Waals surface area (Å²) in [7, 11) is 0. The van der Waals surface area contributed by atoms with Gasteiger partial charge in [0.1, 0.15) is 0 Å². The molecule has 0 unspecified atom stereocenters. The largest absolute Gasteiger partial charge is 0.393 e. The lowest BCUT2D eigenvalue weighted by Gasteiger charge is -2.21. The van der Waals surface area contributed by atoms with Crippen LogP contribution < -0.4 is 0 Å². The summed E-state index contributed by atoms with van der Waals surface area (Å²) in [5.74, 6) is 2.65. The van der Waals surface area contributed by atoms with Gasteiger partial charge < -0.3 is 5.11 Å². The van der Waals surface area contributed by atoms with Gasteiger partial charge in [0.15, 0.2) is 0 Å². The Balaban J connectivity index is 1.94. The Morgan fingerprint density at radius 3 is 2.56 bits per heavy atom. The van der Waals surface area contributed by atoms with E-state index in [9.17, 15) is 5.11 Å². The first-order valence-corrected chi connectivity index (χ1v) is 8.84. The Morgan fingerprint density at radius 1 is 1.12 bits per heavy atom. The zero-order chi connectivity index (χ0) is 11.6. The molecule has 0 amide bonds. The van der Waals surface area contributed by atoms with Crippen molar-refractivity contribution in [3.05, 3.63) is 0 Å². The molecule has 96 valence electrons. The fourth-order valence-electron chi connectivity index (χ4n) is 1.98. The van der Waals surface area contributed by atoms with Crippen LogP contribution in [0.5, 0.6) is 0 Å². The second kappa shape index (κ2) is 9.67. The highest BCUT2D eigenvalue weighted by Gasteiger charge is 2.15. The van der Waals surface area contributed by atoms with Crippen molar-refractivity contribution in [2.45, 2.75) is 69.0 Å². The maximum atomic E-state index is 9.86. The van der Waals surface area contributed by atoms with E-state index in [0.29, 0.717) is 0 Å². The highest BCUT2D eigenvalue weighted by molar-refractivity contribution is 8.17. The van der Waals surface area contributed by atoms with Crippen molar-refractivity contribution in [2.75, 3.05) is 11.5 Å². The first-order valence-electron chi connectivity index (χ1n) is 6.74. The third-order valence-electron chi connectivity index (χ3n) is 3.02. The summed E-state index contributed by atoms with van der Waals surface area (Å²) in [4.78, 5) is 0. The highest BCUT2D eigenvalue weighted by Crippen LogP contribution is 2.34. The van der Waals surface area contributed by atoms with E-state index in [2.05, 4.69) is 30.4 Å². The molecule has 1 saturated heterocycles. The van der Waals surface area contributed by atoms with Crippen molar-refractivity contribution in [1.82, 2.24) is 0 Å². The molecule has 0 spiro atoms. The van der Waals surface area contributed by atoms with Crippen molar-refractivity contribution in [2.24, 2.45) is 0 Å². The SMILES string of the molecule is CCCCCC[C@@H](O)CCC1SCCCS1. The number of hydrogen-bond acceptors (Lipinski definition) is 3. The molecule has 1 aliphatic rings. The van der Waals surface area contributed by atoms with Gasteiger partial charge in [0.25, 0.3) is 0 Å². The van der Waals surface area contributed by atoms with Gasteiger partial charge in [-0.25, -0.2) is 0 Å². The lowest BCUT2D eigenvalue weighted by Crippen LogP contribution is -2.12. The molecule has 0 aromatic heterocycles. The van der Waals surface area contributed by atoms with E-state index in [-0.39, 0.29) is 6.10 Å². The van der Waals surface area contributed by atoms with Crippen LogP contribution in [0.1, 0.15) is 58.3 Å². The molecule has 1 heterocycles. The van der Waals surface area contributed by atoms with Crippen molar-refractivity contribution in [1.29, 1.82) is 0 Å². The average Bonchev–Trinajstić information content (AvgIpc) is 2.33. The lowest BCUT2D eigenvalue weighted by atomic mass is 10.1. The van der Waals surface area contributed by atoms with E-state index < -0.39 is 0 Å². The summed E-state index contributed by atoms with van der Waals surface area (Å²) in [5.41, 5.74) is 0. The van der Waals surface area contributed by atoms with Gasteiger partial charge in [0.2, 0.25) is 0 Å². The number of aliphatic hydroxyl groups excluding tert-OH is 1. The van der Waals surface area contributed by atoms with Crippen LogP contribution in [0.25, 0.3) is 0 Å². The van der Waals surface area contributed by atoms with Crippen LogP contribution in [-0.4, -0.2) is 27.3 Å². The molecule has 0 saturated carbocycles. The molecule has 3 heteroatoms. The van der Waals surface area contributed by atoms with E-state index in [4.69, 9.17) is 0 Å². The molecule has 0 bridgehead atoms. The summed E-state index contributed by atoms with van der Waals surface area (Å²) in [6, 6.07) is 0. The Bertz CT molecular complexity index is 158. The Hall–Kier alpha value is 0.660. The van der Waals surface area contributed by atoms with Crippen LogP contribution in [0.15, 0.2) is 0 Å². The maximum Gasteiger partial charge on any atom is 0.0541 e. The quantitative estimate of drug-likeness (QED) is 0.659. The van der Waals surface area contributed by atoms with Gasteiger partial charge in [-0.3, -0.25) is 0 Å². The molecule has 1 fully saturated rings. The van der Waals surface area contributed by atoms with Crippen LogP contribution >= 0.6 is 23.5 Å². The van der Waals surface area contributed by atoms with Crippen LogP contribution in [0.2, 0.25) is 0 Å². The summed E-state index contributed by atoms with van der Waals surface area (Å²) >= 11 is 4.18. The minimum absolute atomic E-state index is 0.0417. The summed E-state index contributed by atoms with van der Waals surface area (Å²) in [6.45, 7) is 2.23. The molecule has 1 nitrogen and oxygen atoms in total. The molecule has 0 aromatic rings. The lowest BCUT2D eigenvalue weighted by molar-refractivity contribution is 0.149. The van der Waals surface area contributed by atoms with Gasteiger partial charge in [-0.1, -0.05) is 32.6 Å². The molecule has 1 N–H and O–H groups in total. The molecule has 0 aromatic carbocycles. The minimum Gasteiger partial charge on any atom is -0.393 e. The Labute approximate surface area is 109 Å². The van der Waals surface area contributed by atoms with Crippen molar-refractivity contribution < 1.29 is 5.11 Å². The summed E-state index contributed by atoms with van der Waals surface area (Å²) in [5, 5.41) is 9.86. The number of aliphatic hydroxyl groups is 1. The van der Waals surface area contributed by atoms with Gasteiger partial charge in [-0.2, -0.15) is 0 Å². The Kier molecular flexibility index (Phi) is 8.89. The van der Waals surface area contributed by atoms with Gasteiger partial charge in [-0.15, -0.1) is 23.5 Å². The van der Waals surface area contributed by atoms with Gasteiger partial charge in [-0.05, 0) is 37.2 Å². The van der Waals surface area contributed by atoms with Gasteiger partial charge in [0, 0.05) is 0 Å². The third kappa shape index (κ3) is 7.08. The fourth-order valence-corrected chi connectivity index (χ4v) is 4.88. The summed E-state index contributed by atoms with van der Waals surface area (Å²) in [6.07, 6.45) is 9.65. The molecule has 1 rings (SSSR count). The van der Waals surface area contributed by atoms with Crippen molar-refractivity contribution in [3.8, 4) is 0 Å². The summed E-state index contributed by atoms with van der Waals surface area (Å²) < 4.78 is 0.763. The molecule has 0 radical (unpaired) electrons. The second-order valence-electron chi connectivity index (χ2n) is 4.61. The minimum atomic E-state index is -0.0417. The average molecular weight is 262 g/mol. The predicted molar refractivity (Wildman–Crippen MR) is 77.3 cm³/mol. The normalized spacial score (nSPS) is 19.9. The molecule has 0 aliphatic carbocycles. The topological polar surface area (TPSA) is 20.2 Å².